The molecule has 1 heterocycles. The molecule has 0 spiro atoms. The summed E-state index contributed by atoms with van der Waals surface area (Å²) in [6.45, 7) is 19.6. The Morgan fingerprint density at radius 2 is 1.72 bits per heavy atom. The fourth-order valence-corrected chi connectivity index (χ4v) is 5.49. The first-order valence-corrected chi connectivity index (χ1v) is 17.8. The van der Waals surface area contributed by atoms with Crippen LogP contribution in [0.1, 0.15) is 79.2 Å². The highest BCUT2D eigenvalue weighted by atomic mass is 35.5. The summed E-state index contributed by atoms with van der Waals surface area (Å²) in [5.41, 5.74) is 9.26. The number of primary amides is 1. The summed E-state index contributed by atoms with van der Waals surface area (Å²) in [7, 11) is 1.90. The molecule has 1 saturated heterocycles. The number of hydrogen-bond donors (Lipinski definition) is 3. The first-order valence-electron chi connectivity index (χ1n) is 16.3. The number of thioether (sulfide) groups is 1. The molecule has 1 unspecified atom stereocenters. The molecule has 0 saturated carbocycles. The Bertz CT molecular complexity index is 1070. The maximum absolute atomic E-state index is 12.4. The third-order valence-corrected chi connectivity index (χ3v) is 7.55. The summed E-state index contributed by atoms with van der Waals surface area (Å²) >= 11 is 8.04. The lowest BCUT2D eigenvalue weighted by atomic mass is 10.0. The lowest BCUT2D eigenvalue weighted by molar-refractivity contribution is -0.121. The number of hydrogen-bond acceptors (Lipinski definition) is 7. The van der Waals surface area contributed by atoms with Crippen LogP contribution in [0.3, 0.4) is 0 Å². The van der Waals surface area contributed by atoms with E-state index in [1.807, 2.05) is 70.8 Å². The van der Waals surface area contributed by atoms with Crippen molar-refractivity contribution in [2.75, 3.05) is 44.7 Å². The van der Waals surface area contributed by atoms with Gasteiger partial charge in [-0.25, -0.2) is 0 Å². The number of carbonyl (C=O) groups excluding carboxylic acids is 3. The van der Waals surface area contributed by atoms with Gasteiger partial charge in [0.15, 0.2) is 0 Å². The molecule has 0 radical (unpaired) electrons. The van der Waals surface area contributed by atoms with Crippen molar-refractivity contribution in [2.24, 2.45) is 10.7 Å². The molecule has 1 aliphatic carbocycles. The molecular weight excluding hydrogens is 618 g/mol. The highest BCUT2D eigenvalue weighted by Gasteiger charge is 2.14. The molecule has 8 nitrogen and oxygen atoms in total. The lowest BCUT2D eigenvalue weighted by Gasteiger charge is -2.25. The average molecular weight is 678 g/mol. The van der Waals surface area contributed by atoms with Crippen LogP contribution >= 0.6 is 23.4 Å². The van der Waals surface area contributed by atoms with Gasteiger partial charge in [0.05, 0.1) is 0 Å². The van der Waals surface area contributed by atoms with Gasteiger partial charge in [-0.05, 0) is 69.4 Å². The maximum Gasteiger partial charge on any atom is 0.220 e. The van der Waals surface area contributed by atoms with Gasteiger partial charge in [0.1, 0.15) is 6.29 Å². The monoisotopic (exact) mass is 677 g/mol. The molecule has 2 aliphatic rings. The van der Waals surface area contributed by atoms with Crippen LogP contribution in [-0.4, -0.2) is 80.0 Å². The largest absolute Gasteiger partial charge is 0.372 e. The molecule has 1 aromatic rings. The number of rotatable bonds is 12. The van der Waals surface area contributed by atoms with Crippen molar-refractivity contribution in [3.63, 3.8) is 0 Å². The van der Waals surface area contributed by atoms with Crippen LogP contribution in [0.5, 0.6) is 0 Å². The van der Waals surface area contributed by atoms with E-state index in [9.17, 15) is 9.59 Å². The summed E-state index contributed by atoms with van der Waals surface area (Å²) in [6.07, 6.45) is 7.98. The van der Waals surface area contributed by atoms with Crippen LogP contribution in [-0.2, 0) is 20.8 Å². The topological polar surface area (TPSA) is 117 Å². The maximum atomic E-state index is 12.4. The molecule has 2 amide bonds. The van der Waals surface area contributed by atoms with Gasteiger partial charge in [0, 0.05) is 66.6 Å². The van der Waals surface area contributed by atoms with Gasteiger partial charge >= 0.3 is 0 Å². The number of benzene rings is 1. The van der Waals surface area contributed by atoms with Crippen molar-refractivity contribution in [2.45, 2.75) is 86.1 Å². The molecule has 1 aliphatic heterocycles. The highest BCUT2D eigenvalue weighted by molar-refractivity contribution is 7.99. The molecule has 4 N–H and O–H groups in total. The van der Waals surface area contributed by atoms with Crippen molar-refractivity contribution < 1.29 is 14.4 Å². The van der Waals surface area contributed by atoms with Crippen molar-refractivity contribution in [3.8, 4) is 0 Å². The van der Waals surface area contributed by atoms with Gasteiger partial charge in [0.25, 0.3) is 0 Å². The zero-order valence-electron chi connectivity index (χ0n) is 29.4. The normalized spacial score (nSPS) is 15.0. The summed E-state index contributed by atoms with van der Waals surface area (Å²) in [5, 5.41) is 7.19. The van der Waals surface area contributed by atoms with Gasteiger partial charge in [-0.2, -0.15) is 11.8 Å². The van der Waals surface area contributed by atoms with E-state index in [0.717, 1.165) is 73.7 Å². The van der Waals surface area contributed by atoms with Crippen LogP contribution in [0.2, 0.25) is 0 Å². The van der Waals surface area contributed by atoms with Crippen LogP contribution in [0.4, 0.5) is 0 Å². The molecule has 1 atom stereocenters. The second-order valence-electron chi connectivity index (χ2n) is 10.6. The second-order valence-corrected chi connectivity index (χ2v) is 12.3. The molecule has 260 valence electrons. The number of nitrogens with one attached hydrogen (secondary N) is 2. The van der Waals surface area contributed by atoms with Crippen LogP contribution in [0.15, 0.2) is 69.9 Å². The Labute approximate surface area is 288 Å². The minimum Gasteiger partial charge on any atom is -0.372 e. The summed E-state index contributed by atoms with van der Waals surface area (Å²) in [4.78, 5) is 38.2. The standard InChI is InChI=1S/C22H30ClN3O.C8H13NOS.C3H8.C2H6.CH3NO/c1-16-13-19(23)10-11-21(16)25-17(2)9-12-22(27)26-20(15-24-3)14-18-7-5-4-6-8-18;1-8(7-10)6-9-2-4-11-5-3-9;1-3-2;1-2;2-1-3/h4-8,13,20,24H,9-12,14-15H2,1-3H3,(H,26,27);7H,1-6H2;3H2,1-2H3;1-2H3;1H,(H2,2,3). The highest BCUT2D eigenvalue weighted by Crippen LogP contribution is 2.27. The third-order valence-electron chi connectivity index (χ3n) is 6.31. The minimum atomic E-state index is 0.0676. The molecule has 10 heteroatoms. The summed E-state index contributed by atoms with van der Waals surface area (Å²) in [6, 6.07) is 10.3. The SMILES string of the molecule is C=C(C=O)CN1CCSCC1.CC.CCC.CNCC(Cc1ccccc1)NC(=O)CCC(C)=NC1=C(C)C=C(Cl)CC1.NC=O. The van der Waals surface area contributed by atoms with E-state index in [2.05, 4.69) is 53.8 Å². The van der Waals surface area contributed by atoms with Gasteiger partial charge in [-0.1, -0.05) is 82.6 Å². The predicted molar refractivity (Wildman–Crippen MR) is 201 cm³/mol. The van der Waals surface area contributed by atoms with E-state index in [1.54, 1.807) is 0 Å². The second kappa shape index (κ2) is 30.9. The van der Waals surface area contributed by atoms with E-state index in [4.69, 9.17) is 21.4 Å². The number of allylic oxidation sites excluding steroid dienone is 4. The molecule has 0 bridgehead atoms. The first kappa shape index (κ1) is 45.4. The number of nitrogens with zero attached hydrogens (tertiary/aromatic N) is 2. The molecule has 46 heavy (non-hydrogen) atoms. The molecular formula is C36H60ClN5O3S. The zero-order chi connectivity index (χ0) is 35.2. The molecule has 3 rings (SSSR count). The number of aliphatic imine (C=N–C) groups is 1. The number of amides is 2. The lowest BCUT2D eigenvalue weighted by Crippen LogP contribution is -2.42. The first-order chi connectivity index (χ1) is 22.1. The van der Waals surface area contributed by atoms with Crippen LogP contribution < -0.4 is 16.4 Å². The number of nitrogens with two attached hydrogens (primary N) is 1. The van der Waals surface area contributed by atoms with E-state index in [0.29, 0.717) is 18.4 Å². The summed E-state index contributed by atoms with van der Waals surface area (Å²) < 4.78 is 0. The smallest absolute Gasteiger partial charge is 0.220 e. The molecule has 1 fully saturated rings. The number of likely N-dealkylation sites (N-methyl/N-ethyl adjacent to an activating group) is 1. The Morgan fingerprint density at radius 1 is 1.13 bits per heavy atom. The molecule has 0 aromatic heterocycles. The number of carbonyl (C=O) groups is 3. The number of aldehydes is 1. The summed E-state index contributed by atoms with van der Waals surface area (Å²) in [5.74, 6) is 2.44. The van der Waals surface area contributed by atoms with Gasteiger partial charge in [0.2, 0.25) is 12.3 Å². The van der Waals surface area contributed by atoms with Crippen LogP contribution in [0.25, 0.3) is 0 Å². The van der Waals surface area contributed by atoms with E-state index in [1.165, 1.54) is 23.5 Å². The molecule has 1 aromatic carbocycles. The number of halogens is 1. The van der Waals surface area contributed by atoms with Crippen molar-refractivity contribution >= 4 is 47.7 Å². The van der Waals surface area contributed by atoms with Crippen LogP contribution in [0, 0.1) is 0 Å². The Hall–Kier alpha value is -2.72. The van der Waals surface area contributed by atoms with E-state index >= 15 is 0 Å². The van der Waals surface area contributed by atoms with Crippen molar-refractivity contribution in [1.29, 1.82) is 0 Å². The fourth-order valence-electron chi connectivity index (χ4n) is 4.25. The Morgan fingerprint density at radius 3 is 2.24 bits per heavy atom. The predicted octanol–water partition coefficient (Wildman–Crippen LogP) is 6.70. The zero-order valence-corrected chi connectivity index (χ0v) is 30.9. The van der Waals surface area contributed by atoms with E-state index in [-0.39, 0.29) is 18.4 Å². The van der Waals surface area contributed by atoms with Crippen molar-refractivity contribution in [3.05, 3.63) is 70.4 Å². The minimum absolute atomic E-state index is 0.0676. The quantitative estimate of drug-likeness (QED) is 0.129. The van der Waals surface area contributed by atoms with Gasteiger partial charge in [-0.15, -0.1) is 0 Å². The Kier molecular flexibility index (Phi) is 30.5. The van der Waals surface area contributed by atoms with Gasteiger partial charge < -0.3 is 16.4 Å². The third kappa shape index (κ3) is 24.5. The Balaban J connectivity index is 0. The van der Waals surface area contributed by atoms with Crippen molar-refractivity contribution in [1.82, 2.24) is 15.5 Å². The van der Waals surface area contributed by atoms with Gasteiger partial charge in [-0.3, -0.25) is 24.3 Å². The van der Waals surface area contributed by atoms with E-state index < -0.39 is 0 Å². The average Bonchev–Trinajstić information content (AvgIpc) is 3.04. The fraction of sp³-hybridized carbons (Fsp3) is 0.556.